The summed E-state index contributed by atoms with van der Waals surface area (Å²) in [5.74, 6) is -1.01. The topological polar surface area (TPSA) is 118 Å². The molecule has 2 heterocycles. The standard InChI is InChI=1S/C32H28N6O4/c1-2-33-30(39)25-11-14-28-29(20-25)38(36-35-28)42-32(41)22-9-12-27(13-10-22)37-17-15-26(16-18-37)34-31(40)24-8-7-21-5-3-4-6-23(21)19-24/h2-14,19-20,26H,1,15-18H2,(H,33,39)(H,34,40). The Hall–Kier alpha value is -5.51. The largest absolute Gasteiger partial charge is 0.371 e. The molecule has 6 rings (SSSR count). The summed E-state index contributed by atoms with van der Waals surface area (Å²) in [5, 5.41) is 15.7. The number of aromatic nitrogens is 3. The summed E-state index contributed by atoms with van der Waals surface area (Å²) < 4.78 is 0. The van der Waals surface area contributed by atoms with E-state index in [2.05, 4.69) is 32.4 Å². The molecular weight excluding hydrogens is 532 g/mol. The van der Waals surface area contributed by atoms with E-state index in [0.717, 1.165) is 47.2 Å². The average molecular weight is 561 g/mol. The van der Waals surface area contributed by atoms with Crippen molar-refractivity contribution in [2.45, 2.75) is 18.9 Å². The third-order valence-corrected chi connectivity index (χ3v) is 7.39. The minimum Gasteiger partial charge on any atom is -0.371 e. The number of hydrogen-bond donors (Lipinski definition) is 2. The summed E-state index contributed by atoms with van der Waals surface area (Å²) in [7, 11) is 0. The minimum absolute atomic E-state index is 0.0570. The van der Waals surface area contributed by atoms with Gasteiger partial charge in [-0.3, -0.25) is 9.59 Å². The number of rotatable bonds is 7. The summed E-state index contributed by atoms with van der Waals surface area (Å²) in [6.45, 7) is 5.04. The van der Waals surface area contributed by atoms with Crippen molar-refractivity contribution < 1.29 is 19.2 Å². The first-order valence-electron chi connectivity index (χ1n) is 13.6. The van der Waals surface area contributed by atoms with Gasteiger partial charge in [-0.1, -0.05) is 41.8 Å². The van der Waals surface area contributed by atoms with Crippen molar-refractivity contribution in [2.75, 3.05) is 18.0 Å². The van der Waals surface area contributed by atoms with E-state index in [1.165, 1.54) is 6.20 Å². The summed E-state index contributed by atoms with van der Waals surface area (Å²) >= 11 is 0. The number of carbonyl (C=O) groups excluding carboxylic acids is 3. The van der Waals surface area contributed by atoms with Gasteiger partial charge in [-0.2, -0.15) is 0 Å². The van der Waals surface area contributed by atoms with E-state index < -0.39 is 5.97 Å². The van der Waals surface area contributed by atoms with Crippen molar-refractivity contribution in [1.82, 2.24) is 25.8 Å². The van der Waals surface area contributed by atoms with Crippen LogP contribution in [0.15, 0.2) is 97.7 Å². The maximum absolute atomic E-state index is 12.9. The van der Waals surface area contributed by atoms with Crippen LogP contribution in [0.25, 0.3) is 21.8 Å². The van der Waals surface area contributed by atoms with Crippen LogP contribution in [-0.4, -0.2) is 52.1 Å². The van der Waals surface area contributed by atoms with Crippen LogP contribution in [0.1, 0.15) is 43.9 Å². The third kappa shape index (κ3) is 5.55. The lowest BCUT2D eigenvalue weighted by molar-refractivity contribution is 0.0408. The molecule has 0 atom stereocenters. The van der Waals surface area contributed by atoms with Crippen molar-refractivity contribution in [3.05, 3.63) is 114 Å². The zero-order chi connectivity index (χ0) is 29.1. The second kappa shape index (κ2) is 11.5. The van der Waals surface area contributed by atoms with Gasteiger partial charge < -0.3 is 20.4 Å². The van der Waals surface area contributed by atoms with Gasteiger partial charge in [0.25, 0.3) is 11.8 Å². The van der Waals surface area contributed by atoms with Gasteiger partial charge in [-0.05, 0) is 89.6 Å². The van der Waals surface area contributed by atoms with E-state index in [0.29, 0.717) is 27.7 Å². The molecule has 0 spiro atoms. The molecule has 0 unspecified atom stereocenters. The number of fused-ring (bicyclic) bond motifs is 2. The Balaban J connectivity index is 1.05. The average Bonchev–Trinajstić information content (AvgIpc) is 3.43. The van der Waals surface area contributed by atoms with Crippen LogP contribution in [0.5, 0.6) is 0 Å². The van der Waals surface area contributed by atoms with Gasteiger partial charge in [-0.15, -0.1) is 5.10 Å². The minimum atomic E-state index is -0.607. The Morgan fingerprint density at radius 3 is 2.29 bits per heavy atom. The molecule has 42 heavy (non-hydrogen) atoms. The molecule has 10 heteroatoms. The molecule has 10 nitrogen and oxygen atoms in total. The fraction of sp³-hybridized carbons (Fsp3) is 0.156. The van der Waals surface area contributed by atoms with E-state index >= 15 is 0 Å². The van der Waals surface area contributed by atoms with Crippen LogP contribution >= 0.6 is 0 Å². The molecule has 0 aliphatic carbocycles. The Bertz CT molecular complexity index is 1810. The van der Waals surface area contributed by atoms with Crippen molar-refractivity contribution in [2.24, 2.45) is 0 Å². The maximum Gasteiger partial charge on any atom is 0.365 e. The number of piperidine rings is 1. The smallest absolute Gasteiger partial charge is 0.365 e. The molecule has 1 saturated heterocycles. The summed E-state index contributed by atoms with van der Waals surface area (Å²) in [5.41, 5.74) is 3.20. The monoisotopic (exact) mass is 560 g/mol. The second-order valence-corrected chi connectivity index (χ2v) is 10.1. The van der Waals surface area contributed by atoms with Gasteiger partial charge in [0.05, 0.1) is 5.56 Å². The van der Waals surface area contributed by atoms with Crippen molar-refractivity contribution in [3.8, 4) is 0 Å². The summed E-state index contributed by atoms with van der Waals surface area (Å²) in [6.07, 6.45) is 2.92. The first-order valence-corrected chi connectivity index (χ1v) is 13.6. The number of hydrogen-bond acceptors (Lipinski definition) is 7. The number of anilines is 1. The molecule has 0 saturated carbocycles. The summed E-state index contributed by atoms with van der Waals surface area (Å²) in [6, 6.07) is 25.8. The molecular formula is C32H28N6O4. The fourth-order valence-corrected chi connectivity index (χ4v) is 5.10. The molecule has 4 aromatic carbocycles. The third-order valence-electron chi connectivity index (χ3n) is 7.39. The van der Waals surface area contributed by atoms with Crippen molar-refractivity contribution >= 4 is 45.3 Å². The molecule has 2 N–H and O–H groups in total. The number of amides is 2. The number of benzene rings is 4. The van der Waals surface area contributed by atoms with E-state index in [1.54, 1.807) is 30.3 Å². The van der Waals surface area contributed by atoms with Crippen LogP contribution in [0, 0.1) is 0 Å². The van der Waals surface area contributed by atoms with E-state index in [-0.39, 0.29) is 17.9 Å². The highest BCUT2D eigenvalue weighted by molar-refractivity contribution is 5.99. The molecule has 0 radical (unpaired) electrons. The van der Waals surface area contributed by atoms with E-state index in [9.17, 15) is 14.4 Å². The molecule has 1 fully saturated rings. The zero-order valence-corrected chi connectivity index (χ0v) is 22.7. The van der Waals surface area contributed by atoms with Crippen LogP contribution in [-0.2, 0) is 0 Å². The van der Waals surface area contributed by atoms with Gasteiger partial charge >= 0.3 is 5.97 Å². The highest BCUT2D eigenvalue weighted by Crippen LogP contribution is 2.22. The number of nitrogens with zero attached hydrogens (tertiary/aromatic N) is 4. The van der Waals surface area contributed by atoms with Crippen molar-refractivity contribution in [3.63, 3.8) is 0 Å². The van der Waals surface area contributed by atoms with Gasteiger partial charge in [-0.25, -0.2) is 4.79 Å². The molecule has 1 aliphatic heterocycles. The lowest BCUT2D eigenvalue weighted by Gasteiger charge is -2.34. The van der Waals surface area contributed by atoms with Crippen LogP contribution in [0.3, 0.4) is 0 Å². The van der Waals surface area contributed by atoms with Gasteiger partial charge in [0.1, 0.15) is 11.0 Å². The lowest BCUT2D eigenvalue weighted by atomic mass is 10.0. The molecule has 210 valence electrons. The predicted octanol–water partition coefficient (Wildman–Crippen LogP) is 4.13. The van der Waals surface area contributed by atoms with Crippen molar-refractivity contribution in [1.29, 1.82) is 0 Å². The van der Waals surface area contributed by atoms with E-state index in [1.807, 2.05) is 54.6 Å². The first-order chi connectivity index (χ1) is 20.5. The number of nitrogens with one attached hydrogen (secondary N) is 2. The highest BCUT2D eigenvalue weighted by Gasteiger charge is 2.22. The van der Waals surface area contributed by atoms with Crippen LogP contribution < -0.4 is 20.4 Å². The lowest BCUT2D eigenvalue weighted by Crippen LogP contribution is -2.44. The Morgan fingerprint density at radius 2 is 1.52 bits per heavy atom. The van der Waals surface area contributed by atoms with Gasteiger partial charge in [0.2, 0.25) is 0 Å². The molecule has 1 aliphatic rings. The SMILES string of the molecule is C=CNC(=O)c1ccc2nnn(OC(=O)c3ccc(N4CCC(NC(=O)c5ccc6ccccc6c5)CC4)cc3)c2c1. The first kappa shape index (κ1) is 26.7. The normalized spacial score (nSPS) is 13.6. The second-order valence-electron chi connectivity index (χ2n) is 10.1. The molecule has 0 bridgehead atoms. The Morgan fingerprint density at radius 1 is 0.833 bits per heavy atom. The molecule has 2 amide bonds. The Kier molecular flexibility index (Phi) is 7.33. The molecule has 1 aromatic heterocycles. The predicted molar refractivity (Wildman–Crippen MR) is 159 cm³/mol. The number of carbonyl (C=O) groups is 3. The molecule has 5 aromatic rings. The highest BCUT2D eigenvalue weighted by atomic mass is 16.7. The van der Waals surface area contributed by atoms with Crippen LogP contribution in [0.4, 0.5) is 5.69 Å². The summed E-state index contributed by atoms with van der Waals surface area (Å²) in [4.78, 5) is 46.5. The van der Waals surface area contributed by atoms with E-state index in [4.69, 9.17) is 4.84 Å². The van der Waals surface area contributed by atoms with Gasteiger partial charge in [0.15, 0.2) is 0 Å². The quantitative estimate of drug-likeness (QED) is 0.288. The van der Waals surface area contributed by atoms with Gasteiger partial charge in [0, 0.05) is 35.9 Å². The van der Waals surface area contributed by atoms with Crippen LogP contribution in [0.2, 0.25) is 0 Å². The zero-order valence-electron chi connectivity index (χ0n) is 22.7. The Labute approximate surface area is 241 Å². The maximum atomic E-state index is 12.9. The fourth-order valence-electron chi connectivity index (χ4n) is 5.10.